The van der Waals surface area contributed by atoms with Crippen molar-refractivity contribution in [1.29, 1.82) is 0 Å². The summed E-state index contributed by atoms with van der Waals surface area (Å²) in [6.45, 7) is 6.11. The molecule has 5 nitrogen and oxygen atoms in total. The number of hydrogen-bond donors (Lipinski definition) is 1. The first-order valence-corrected chi connectivity index (χ1v) is 10.2. The maximum absolute atomic E-state index is 12.4. The molecule has 2 aromatic rings. The van der Waals surface area contributed by atoms with Crippen molar-refractivity contribution < 1.29 is 13.2 Å². The van der Waals surface area contributed by atoms with Crippen LogP contribution in [0.2, 0.25) is 10.0 Å². The minimum absolute atomic E-state index is 0.180. The van der Waals surface area contributed by atoms with Gasteiger partial charge in [-0.15, -0.1) is 0 Å². The van der Waals surface area contributed by atoms with Gasteiger partial charge in [-0.05, 0) is 49.6 Å². The zero-order valence-electron chi connectivity index (χ0n) is 14.7. The minimum Gasteiger partial charge on any atom is -0.490 e. The number of ether oxygens (including phenoxy) is 1. The smallest absolute Gasteiger partial charge is 0.276 e. The van der Waals surface area contributed by atoms with Gasteiger partial charge in [0.25, 0.3) is 10.0 Å². The fourth-order valence-electron chi connectivity index (χ4n) is 2.32. The molecule has 0 aliphatic rings. The van der Waals surface area contributed by atoms with Crippen molar-refractivity contribution in [2.75, 3.05) is 6.61 Å². The lowest BCUT2D eigenvalue weighted by Crippen LogP contribution is -2.19. The molecule has 0 radical (unpaired) electrons. The first kappa shape index (κ1) is 20.6. The number of hydrazone groups is 1. The number of rotatable bonds is 7. The van der Waals surface area contributed by atoms with Crippen molar-refractivity contribution >= 4 is 39.4 Å². The largest absolute Gasteiger partial charge is 0.490 e. The van der Waals surface area contributed by atoms with Crippen LogP contribution in [0.5, 0.6) is 5.75 Å². The van der Waals surface area contributed by atoms with Gasteiger partial charge in [0, 0.05) is 0 Å². The normalized spacial score (nSPS) is 11.7. The zero-order valence-corrected chi connectivity index (χ0v) is 17.0. The topological polar surface area (TPSA) is 67.8 Å². The van der Waals surface area contributed by atoms with Gasteiger partial charge in [0.05, 0.1) is 27.8 Å². The summed E-state index contributed by atoms with van der Waals surface area (Å²) >= 11 is 12.3. The number of halogens is 2. The van der Waals surface area contributed by atoms with E-state index in [1.165, 1.54) is 6.21 Å². The molecule has 0 saturated carbocycles. The van der Waals surface area contributed by atoms with Crippen molar-refractivity contribution in [2.45, 2.75) is 32.1 Å². The van der Waals surface area contributed by atoms with Crippen molar-refractivity contribution in [3.05, 3.63) is 57.1 Å². The number of nitrogens with one attached hydrogen (secondary N) is 1. The Morgan fingerprint density at radius 1 is 1.15 bits per heavy atom. The van der Waals surface area contributed by atoms with E-state index in [2.05, 4.69) is 9.93 Å². The van der Waals surface area contributed by atoms with Crippen molar-refractivity contribution in [1.82, 2.24) is 4.83 Å². The average molecular weight is 415 g/mol. The van der Waals surface area contributed by atoms with E-state index in [1.54, 1.807) is 37.3 Å². The second-order valence-corrected chi connectivity index (χ2v) is 8.23. The van der Waals surface area contributed by atoms with Gasteiger partial charge in [0.15, 0.2) is 5.75 Å². The Labute approximate surface area is 164 Å². The van der Waals surface area contributed by atoms with E-state index >= 15 is 0 Å². The molecule has 0 aliphatic carbocycles. The lowest BCUT2D eigenvalue weighted by molar-refractivity contribution is 0.318. The molecular formula is C18H20Cl2N2O3S. The van der Waals surface area contributed by atoms with Crippen LogP contribution < -0.4 is 9.57 Å². The third-order valence-corrected chi connectivity index (χ3v) is 5.42. The summed E-state index contributed by atoms with van der Waals surface area (Å²) in [6, 6.07) is 8.30. The van der Waals surface area contributed by atoms with Crippen LogP contribution in [0.15, 0.2) is 40.3 Å². The van der Waals surface area contributed by atoms with Crippen LogP contribution in [0.3, 0.4) is 0 Å². The molecule has 140 valence electrons. The monoisotopic (exact) mass is 414 g/mol. The lowest BCUT2D eigenvalue weighted by Gasteiger charge is -2.10. The Kier molecular flexibility index (Phi) is 6.92. The van der Waals surface area contributed by atoms with Gasteiger partial charge >= 0.3 is 0 Å². The highest BCUT2D eigenvalue weighted by Crippen LogP contribution is 2.33. The Bertz CT molecular complexity index is 905. The van der Waals surface area contributed by atoms with E-state index in [1.807, 2.05) is 13.8 Å². The highest BCUT2D eigenvalue weighted by atomic mass is 35.5. The van der Waals surface area contributed by atoms with Crippen LogP contribution in [-0.4, -0.2) is 21.2 Å². The molecule has 0 spiro atoms. The fourth-order valence-corrected chi connectivity index (χ4v) is 3.95. The molecule has 0 bridgehead atoms. The molecule has 2 aromatic carbocycles. The summed E-state index contributed by atoms with van der Waals surface area (Å²) < 4.78 is 30.2. The maximum atomic E-state index is 12.4. The van der Waals surface area contributed by atoms with Gasteiger partial charge in [-0.25, -0.2) is 4.83 Å². The third kappa shape index (κ3) is 5.13. The predicted molar refractivity (Wildman–Crippen MR) is 106 cm³/mol. The van der Waals surface area contributed by atoms with Crippen LogP contribution in [-0.2, 0) is 10.0 Å². The summed E-state index contributed by atoms with van der Waals surface area (Å²) in [5.74, 6) is 0.406. The van der Waals surface area contributed by atoms with Crippen LogP contribution in [0.4, 0.5) is 0 Å². The van der Waals surface area contributed by atoms with Gasteiger partial charge in [0.1, 0.15) is 0 Å². The molecule has 2 rings (SSSR count). The molecule has 8 heteroatoms. The third-order valence-electron chi connectivity index (χ3n) is 3.48. The van der Waals surface area contributed by atoms with Gasteiger partial charge < -0.3 is 4.74 Å². The van der Waals surface area contributed by atoms with Crippen LogP contribution in [0.25, 0.3) is 0 Å². The van der Waals surface area contributed by atoms with E-state index in [0.717, 1.165) is 12.0 Å². The standard InChI is InChI=1S/C18H20Cl2N2O3S/c1-4-7-25-18-15(19)9-14(10-16(18)20)11-21-22-26(23,24)17-6-5-12(2)8-13(17)3/h5-6,8-11,22H,4,7H2,1-3H3/b21-11+. The van der Waals surface area contributed by atoms with Crippen LogP contribution in [0, 0.1) is 13.8 Å². The molecule has 0 saturated heterocycles. The average Bonchev–Trinajstić information content (AvgIpc) is 2.53. The molecule has 1 N–H and O–H groups in total. The Morgan fingerprint density at radius 2 is 1.81 bits per heavy atom. The Balaban J connectivity index is 2.17. The summed E-state index contributed by atoms with van der Waals surface area (Å²) in [5.41, 5.74) is 2.18. The van der Waals surface area contributed by atoms with Crippen molar-refractivity contribution in [2.24, 2.45) is 5.10 Å². The van der Waals surface area contributed by atoms with E-state index in [-0.39, 0.29) is 4.90 Å². The minimum atomic E-state index is -3.76. The number of hydrogen-bond acceptors (Lipinski definition) is 4. The fraction of sp³-hybridized carbons (Fsp3) is 0.278. The van der Waals surface area contributed by atoms with Gasteiger partial charge in [-0.1, -0.05) is 47.8 Å². The van der Waals surface area contributed by atoms with E-state index < -0.39 is 10.0 Å². The van der Waals surface area contributed by atoms with Crippen molar-refractivity contribution in [3.63, 3.8) is 0 Å². The van der Waals surface area contributed by atoms with Crippen LogP contribution in [0.1, 0.15) is 30.0 Å². The highest BCUT2D eigenvalue weighted by Gasteiger charge is 2.15. The summed E-state index contributed by atoms with van der Waals surface area (Å²) in [6.07, 6.45) is 2.17. The summed E-state index contributed by atoms with van der Waals surface area (Å²) in [7, 11) is -3.76. The number of nitrogens with zero attached hydrogens (tertiary/aromatic N) is 1. The lowest BCUT2D eigenvalue weighted by atomic mass is 10.2. The SMILES string of the molecule is CCCOc1c(Cl)cc(/C=N/NS(=O)(=O)c2ccc(C)cc2C)cc1Cl. The van der Waals surface area contributed by atoms with Crippen LogP contribution >= 0.6 is 23.2 Å². The Morgan fingerprint density at radius 3 is 2.38 bits per heavy atom. The molecule has 0 amide bonds. The quantitative estimate of drug-likeness (QED) is 0.526. The van der Waals surface area contributed by atoms with E-state index in [9.17, 15) is 8.42 Å². The second-order valence-electron chi connectivity index (χ2n) is 5.78. The molecule has 0 aliphatic heterocycles. The van der Waals surface area contributed by atoms with Gasteiger partial charge in [0.2, 0.25) is 0 Å². The molecule has 26 heavy (non-hydrogen) atoms. The number of aryl methyl sites for hydroxylation is 2. The highest BCUT2D eigenvalue weighted by molar-refractivity contribution is 7.89. The molecular weight excluding hydrogens is 395 g/mol. The maximum Gasteiger partial charge on any atom is 0.276 e. The molecule has 0 fully saturated rings. The first-order valence-electron chi connectivity index (χ1n) is 7.98. The summed E-state index contributed by atoms with van der Waals surface area (Å²) in [4.78, 5) is 2.38. The van der Waals surface area contributed by atoms with Crippen molar-refractivity contribution in [3.8, 4) is 5.75 Å². The molecule has 0 aromatic heterocycles. The first-order chi connectivity index (χ1) is 12.2. The van der Waals surface area contributed by atoms with Gasteiger partial charge in [-0.2, -0.15) is 13.5 Å². The number of benzene rings is 2. The van der Waals surface area contributed by atoms with E-state index in [4.69, 9.17) is 27.9 Å². The van der Waals surface area contributed by atoms with E-state index in [0.29, 0.717) is 33.5 Å². The molecule has 0 heterocycles. The second kappa shape index (κ2) is 8.75. The summed E-state index contributed by atoms with van der Waals surface area (Å²) in [5, 5.41) is 4.48. The zero-order chi connectivity index (χ0) is 19.3. The molecule has 0 atom stereocenters. The van der Waals surface area contributed by atoms with Gasteiger partial charge in [-0.3, -0.25) is 0 Å². The Hall–Kier alpha value is -1.76. The molecule has 0 unspecified atom stereocenters. The predicted octanol–water partition coefficient (Wildman–Crippen LogP) is 4.71. The number of sulfonamides is 1.